The van der Waals surface area contributed by atoms with Gasteiger partial charge < -0.3 is 10.1 Å². The third-order valence-electron chi connectivity index (χ3n) is 4.92. The van der Waals surface area contributed by atoms with Crippen molar-refractivity contribution in [3.05, 3.63) is 35.2 Å². The Morgan fingerprint density at radius 2 is 2.14 bits per heavy atom. The topological polar surface area (TPSA) is 34.1 Å². The highest BCUT2D eigenvalue weighted by Crippen LogP contribution is 2.37. The molecule has 0 amide bonds. The second-order valence-electron chi connectivity index (χ2n) is 6.16. The van der Waals surface area contributed by atoms with Crippen LogP contribution < -0.4 is 5.32 Å². The number of hydrogen-bond acceptors (Lipinski definition) is 3. The van der Waals surface area contributed by atoms with E-state index in [9.17, 15) is 4.39 Å². The van der Waals surface area contributed by atoms with Gasteiger partial charge in [0.15, 0.2) is 5.82 Å². The highest BCUT2D eigenvalue weighted by Gasteiger charge is 2.37. The summed E-state index contributed by atoms with van der Waals surface area (Å²) >= 11 is 6.10. The molecule has 3 atom stereocenters. The van der Waals surface area contributed by atoms with Gasteiger partial charge in [-0.2, -0.15) is 0 Å². The molecule has 0 spiro atoms. The third kappa shape index (κ3) is 2.34. The first kappa shape index (κ1) is 14.2. The summed E-state index contributed by atoms with van der Waals surface area (Å²) in [7, 11) is 0. The van der Waals surface area contributed by atoms with E-state index >= 15 is 0 Å². The predicted molar refractivity (Wildman–Crippen MR) is 85.8 cm³/mol. The lowest BCUT2D eigenvalue weighted by Crippen LogP contribution is -2.38. The molecular weight excluding hydrogens is 303 g/mol. The van der Waals surface area contributed by atoms with E-state index in [1.807, 2.05) is 6.07 Å². The lowest BCUT2D eigenvalue weighted by atomic mass is 9.81. The highest BCUT2D eigenvalue weighted by atomic mass is 35.5. The van der Waals surface area contributed by atoms with Crippen LogP contribution in [0.5, 0.6) is 0 Å². The van der Waals surface area contributed by atoms with Gasteiger partial charge in [0.1, 0.15) is 5.52 Å². The summed E-state index contributed by atoms with van der Waals surface area (Å²) < 4.78 is 20.5. The molecule has 0 bridgehead atoms. The van der Waals surface area contributed by atoms with Gasteiger partial charge in [0.2, 0.25) is 0 Å². The molecule has 2 heterocycles. The molecule has 2 aliphatic rings. The summed E-state index contributed by atoms with van der Waals surface area (Å²) in [5.74, 6) is 0.164. The van der Waals surface area contributed by atoms with Gasteiger partial charge in [-0.3, -0.25) is 4.98 Å². The second kappa shape index (κ2) is 5.67. The van der Waals surface area contributed by atoms with E-state index in [4.69, 9.17) is 16.3 Å². The first-order chi connectivity index (χ1) is 10.7. The lowest BCUT2D eigenvalue weighted by Gasteiger charge is -2.34. The van der Waals surface area contributed by atoms with Crippen LogP contribution in [0, 0.1) is 11.7 Å². The minimum Gasteiger partial charge on any atom is -0.380 e. The van der Waals surface area contributed by atoms with Crippen LogP contribution in [0.4, 0.5) is 10.1 Å². The fourth-order valence-electron chi connectivity index (χ4n) is 3.82. The van der Waals surface area contributed by atoms with Crippen LogP contribution in [-0.4, -0.2) is 23.7 Å². The van der Waals surface area contributed by atoms with Gasteiger partial charge in [0, 0.05) is 30.1 Å². The number of nitrogens with zero attached hydrogens (tertiary/aromatic N) is 1. The standard InChI is InChI=1S/C17H18ClFN2O/c18-12-6-8-20-17-10(12)4-5-14(16(17)19)21-13-2-1-3-15-11(13)7-9-22-15/h4-6,8,11,13,15,21H,1-3,7,9H2. The molecule has 3 nitrogen and oxygen atoms in total. The molecule has 22 heavy (non-hydrogen) atoms. The van der Waals surface area contributed by atoms with Crippen LogP contribution in [0.25, 0.3) is 10.9 Å². The molecule has 1 aromatic carbocycles. The number of ether oxygens (including phenoxy) is 1. The Morgan fingerprint density at radius 1 is 1.23 bits per heavy atom. The van der Waals surface area contributed by atoms with Crippen LogP contribution in [0.1, 0.15) is 25.7 Å². The number of aromatic nitrogens is 1. The van der Waals surface area contributed by atoms with Crippen LogP contribution >= 0.6 is 11.6 Å². The number of halogens is 2. The lowest BCUT2D eigenvalue weighted by molar-refractivity contribution is 0.0619. The van der Waals surface area contributed by atoms with E-state index in [0.29, 0.717) is 33.6 Å². The van der Waals surface area contributed by atoms with Gasteiger partial charge in [0.05, 0.1) is 16.8 Å². The first-order valence-corrected chi connectivity index (χ1v) is 8.22. The quantitative estimate of drug-likeness (QED) is 0.890. The smallest absolute Gasteiger partial charge is 0.172 e. The summed E-state index contributed by atoms with van der Waals surface area (Å²) in [6.45, 7) is 0.824. The third-order valence-corrected chi connectivity index (χ3v) is 5.25. The van der Waals surface area contributed by atoms with Gasteiger partial charge >= 0.3 is 0 Å². The van der Waals surface area contributed by atoms with Gasteiger partial charge in [-0.05, 0) is 43.9 Å². The molecule has 1 saturated heterocycles. The minimum atomic E-state index is -0.318. The number of pyridine rings is 1. The molecule has 4 rings (SSSR count). The monoisotopic (exact) mass is 320 g/mol. The van der Waals surface area contributed by atoms with Crippen molar-refractivity contribution < 1.29 is 9.13 Å². The van der Waals surface area contributed by atoms with Crippen molar-refractivity contribution in [2.24, 2.45) is 5.92 Å². The minimum absolute atomic E-state index is 0.271. The molecule has 116 valence electrons. The van der Waals surface area contributed by atoms with Gasteiger partial charge in [-0.15, -0.1) is 0 Å². The maximum Gasteiger partial charge on any atom is 0.172 e. The molecule has 2 aromatic rings. The van der Waals surface area contributed by atoms with E-state index in [0.717, 1.165) is 32.3 Å². The number of anilines is 1. The molecule has 5 heteroatoms. The zero-order valence-electron chi connectivity index (χ0n) is 12.2. The average Bonchev–Trinajstić information content (AvgIpc) is 3.00. The van der Waals surface area contributed by atoms with Crippen LogP contribution in [0.2, 0.25) is 5.02 Å². The molecule has 1 saturated carbocycles. The van der Waals surface area contributed by atoms with Crippen molar-refractivity contribution in [1.29, 1.82) is 0 Å². The largest absolute Gasteiger partial charge is 0.380 e. The Hall–Kier alpha value is -1.39. The molecule has 1 N–H and O–H groups in total. The van der Waals surface area contributed by atoms with Gasteiger partial charge in [-0.1, -0.05) is 11.6 Å². The Balaban J connectivity index is 1.65. The molecule has 1 aliphatic carbocycles. The Kier molecular flexibility index (Phi) is 3.66. The van der Waals surface area contributed by atoms with E-state index in [1.54, 1.807) is 18.3 Å². The van der Waals surface area contributed by atoms with Gasteiger partial charge in [0.25, 0.3) is 0 Å². The van der Waals surface area contributed by atoms with Crippen LogP contribution in [0.3, 0.4) is 0 Å². The SMILES string of the molecule is Fc1c(NC2CCCC3OCCC23)ccc2c(Cl)ccnc12. The Morgan fingerprint density at radius 3 is 3.05 bits per heavy atom. The summed E-state index contributed by atoms with van der Waals surface area (Å²) in [4.78, 5) is 4.14. The number of hydrogen-bond donors (Lipinski definition) is 1. The maximum atomic E-state index is 14.7. The van der Waals surface area contributed by atoms with E-state index in [-0.39, 0.29) is 11.9 Å². The highest BCUT2D eigenvalue weighted by molar-refractivity contribution is 6.35. The van der Waals surface area contributed by atoms with Crippen molar-refractivity contribution in [1.82, 2.24) is 4.98 Å². The van der Waals surface area contributed by atoms with E-state index in [2.05, 4.69) is 10.3 Å². The molecule has 3 unspecified atom stereocenters. The molecule has 0 radical (unpaired) electrons. The molecule has 1 aromatic heterocycles. The van der Waals surface area contributed by atoms with E-state index in [1.165, 1.54) is 0 Å². The van der Waals surface area contributed by atoms with Crippen molar-refractivity contribution in [2.45, 2.75) is 37.8 Å². The number of fused-ring (bicyclic) bond motifs is 2. The fraction of sp³-hybridized carbons (Fsp3) is 0.471. The van der Waals surface area contributed by atoms with Crippen LogP contribution in [-0.2, 0) is 4.74 Å². The fourth-order valence-corrected chi connectivity index (χ4v) is 4.03. The molecule has 2 fully saturated rings. The van der Waals surface area contributed by atoms with Crippen molar-refractivity contribution in [2.75, 3.05) is 11.9 Å². The Bertz CT molecular complexity index is 708. The van der Waals surface area contributed by atoms with Gasteiger partial charge in [-0.25, -0.2) is 4.39 Å². The molecular formula is C17H18ClFN2O. The summed E-state index contributed by atoms with van der Waals surface area (Å²) in [6.07, 6.45) is 6.24. The van der Waals surface area contributed by atoms with Crippen molar-refractivity contribution in [3.8, 4) is 0 Å². The predicted octanol–water partition coefficient (Wildman–Crippen LogP) is 4.40. The van der Waals surface area contributed by atoms with Crippen molar-refractivity contribution >= 4 is 28.2 Å². The summed E-state index contributed by atoms with van der Waals surface area (Å²) in [5, 5.41) is 4.57. The normalized spacial score (nSPS) is 27.8. The van der Waals surface area contributed by atoms with Crippen LogP contribution in [0.15, 0.2) is 24.4 Å². The number of rotatable bonds is 2. The average molecular weight is 321 g/mol. The maximum absolute atomic E-state index is 14.7. The van der Waals surface area contributed by atoms with Crippen molar-refractivity contribution in [3.63, 3.8) is 0 Å². The summed E-state index contributed by atoms with van der Waals surface area (Å²) in [6, 6.07) is 5.55. The molecule has 1 aliphatic heterocycles. The zero-order valence-corrected chi connectivity index (χ0v) is 12.9. The first-order valence-electron chi connectivity index (χ1n) is 7.85. The Labute approximate surface area is 133 Å². The van der Waals surface area contributed by atoms with E-state index < -0.39 is 0 Å². The number of benzene rings is 1. The summed E-state index contributed by atoms with van der Waals surface area (Å²) in [5.41, 5.74) is 0.840. The number of nitrogens with one attached hydrogen (secondary N) is 1. The zero-order chi connectivity index (χ0) is 15.1. The second-order valence-corrected chi connectivity index (χ2v) is 6.57.